The predicted molar refractivity (Wildman–Crippen MR) is 67.5 cm³/mol. The summed E-state index contributed by atoms with van der Waals surface area (Å²) in [6.07, 6.45) is -1.99. The van der Waals surface area contributed by atoms with Crippen LogP contribution in [0, 0.1) is 0 Å². The first-order valence-electron chi connectivity index (χ1n) is 6.84. The van der Waals surface area contributed by atoms with E-state index in [1.807, 2.05) is 4.90 Å². The van der Waals surface area contributed by atoms with Crippen molar-refractivity contribution in [3.8, 4) is 0 Å². The highest BCUT2D eigenvalue weighted by molar-refractivity contribution is 5.04. The van der Waals surface area contributed by atoms with Crippen LogP contribution in [-0.4, -0.2) is 105 Å². The van der Waals surface area contributed by atoms with Gasteiger partial charge < -0.3 is 25.5 Å². The molecule has 2 aliphatic heterocycles. The number of hydrogen-bond donors (Lipinski definition) is 5. The fourth-order valence-electron chi connectivity index (χ4n) is 3.33. The fourth-order valence-corrected chi connectivity index (χ4v) is 3.33. The predicted octanol–water partition coefficient (Wildman–Crippen LogP) is -3.19. The topological polar surface area (TPSA) is 108 Å². The van der Waals surface area contributed by atoms with Crippen LogP contribution in [0.3, 0.4) is 0 Å². The van der Waals surface area contributed by atoms with Gasteiger partial charge in [0.1, 0.15) is 0 Å². The van der Waals surface area contributed by atoms with Gasteiger partial charge in [0.25, 0.3) is 0 Å². The lowest BCUT2D eigenvalue weighted by Crippen LogP contribution is -2.66. The standard InChI is InChI=1S/C12H24N2O5/c15-5-3-13(4-6-16)8-7-14-2-1-9(17)10(14)12(19)11(8)18/h8-12,15-19H,1-7H2/t8-,9-,10?,11+,12+/m0/s1. The molecule has 1 unspecified atom stereocenters. The summed E-state index contributed by atoms with van der Waals surface area (Å²) in [6.45, 7) is 1.78. The normalized spacial score (nSPS) is 39.8. The van der Waals surface area contributed by atoms with E-state index in [4.69, 9.17) is 10.2 Å². The van der Waals surface area contributed by atoms with Crippen LogP contribution >= 0.6 is 0 Å². The van der Waals surface area contributed by atoms with Crippen molar-refractivity contribution in [3.05, 3.63) is 0 Å². The first-order valence-corrected chi connectivity index (χ1v) is 6.84. The van der Waals surface area contributed by atoms with E-state index in [0.29, 0.717) is 32.6 Å². The van der Waals surface area contributed by atoms with E-state index < -0.39 is 24.4 Å². The Labute approximate surface area is 112 Å². The van der Waals surface area contributed by atoms with Gasteiger partial charge in [0.15, 0.2) is 0 Å². The van der Waals surface area contributed by atoms with E-state index in [0.717, 1.165) is 0 Å². The summed E-state index contributed by atoms with van der Waals surface area (Å²) < 4.78 is 0. The second kappa shape index (κ2) is 6.45. The lowest BCUT2D eigenvalue weighted by Gasteiger charge is -2.46. The molecule has 0 aliphatic carbocycles. The van der Waals surface area contributed by atoms with Gasteiger partial charge in [0.05, 0.1) is 43.6 Å². The van der Waals surface area contributed by atoms with E-state index >= 15 is 0 Å². The van der Waals surface area contributed by atoms with Crippen LogP contribution < -0.4 is 0 Å². The molecule has 0 aromatic rings. The molecule has 19 heavy (non-hydrogen) atoms. The molecule has 2 heterocycles. The van der Waals surface area contributed by atoms with Gasteiger partial charge in [0, 0.05) is 26.2 Å². The van der Waals surface area contributed by atoms with Gasteiger partial charge in [-0.3, -0.25) is 9.80 Å². The van der Waals surface area contributed by atoms with Crippen LogP contribution in [0.25, 0.3) is 0 Å². The van der Waals surface area contributed by atoms with Crippen LogP contribution in [0.1, 0.15) is 6.42 Å². The molecule has 7 heteroatoms. The number of aliphatic hydroxyl groups excluding tert-OH is 5. The van der Waals surface area contributed by atoms with Crippen molar-refractivity contribution >= 4 is 0 Å². The van der Waals surface area contributed by atoms with E-state index in [1.165, 1.54) is 0 Å². The Morgan fingerprint density at radius 3 is 2.21 bits per heavy atom. The van der Waals surface area contributed by atoms with Gasteiger partial charge in [0.2, 0.25) is 0 Å². The van der Waals surface area contributed by atoms with Crippen molar-refractivity contribution in [3.63, 3.8) is 0 Å². The molecule has 112 valence electrons. The maximum absolute atomic E-state index is 10.2. The monoisotopic (exact) mass is 276 g/mol. The number of rotatable bonds is 5. The largest absolute Gasteiger partial charge is 0.395 e. The number of hydrogen-bond acceptors (Lipinski definition) is 7. The van der Waals surface area contributed by atoms with Crippen LogP contribution in [-0.2, 0) is 0 Å². The second-order valence-electron chi connectivity index (χ2n) is 5.37. The van der Waals surface area contributed by atoms with Crippen LogP contribution in [0.2, 0.25) is 0 Å². The summed E-state index contributed by atoms with van der Waals surface area (Å²) in [7, 11) is 0. The average Bonchev–Trinajstić information content (AvgIpc) is 2.75. The Morgan fingerprint density at radius 1 is 1.00 bits per heavy atom. The first kappa shape index (κ1) is 15.1. The molecule has 0 bridgehead atoms. The number of piperidine rings is 1. The lowest BCUT2D eigenvalue weighted by molar-refractivity contribution is -0.127. The molecule has 0 saturated carbocycles. The Kier molecular flexibility index (Phi) is 5.13. The molecule has 5 atom stereocenters. The Morgan fingerprint density at radius 2 is 1.63 bits per heavy atom. The summed E-state index contributed by atoms with van der Waals surface area (Å²) in [4.78, 5) is 3.77. The quantitative estimate of drug-likeness (QED) is 0.360. The van der Waals surface area contributed by atoms with Crippen molar-refractivity contribution in [1.29, 1.82) is 0 Å². The van der Waals surface area contributed by atoms with Gasteiger partial charge in [-0.05, 0) is 6.42 Å². The molecule has 0 amide bonds. The minimum absolute atomic E-state index is 0.0641. The molecule has 0 aromatic carbocycles. The third kappa shape index (κ3) is 2.92. The molecule has 0 radical (unpaired) electrons. The van der Waals surface area contributed by atoms with E-state index in [-0.39, 0.29) is 19.3 Å². The zero-order valence-corrected chi connectivity index (χ0v) is 11.0. The Bertz CT molecular complexity index is 287. The highest BCUT2D eigenvalue weighted by Gasteiger charge is 2.49. The molecular weight excluding hydrogens is 252 g/mol. The third-order valence-corrected chi connectivity index (χ3v) is 4.29. The molecule has 2 aliphatic rings. The number of nitrogens with zero attached hydrogens (tertiary/aromatic N) is 2. The Hall–Kier alpha value is -0.280. The molecule has 2 saturated heterocycles. The molecule has 7 nitrogen and oxygen atoms in total. The highest BCUT2D eigenvalue weighted by Crippen LogP contribution is 2.30. The molecular formula is C12H24N2O5. The van der Waals surface area contributed by atoms with Crippen LogP contribution in [0.15, 0.2) is 0 Å². The van der Waals surface area contributed by atoms with Crippen molar-refractivity contribution in [2.24, 2.45) is 0 Å². The van der Waals surface area contributed by atoms with Crippen molar-refractivity contribution < 1.29 is 25.5 Å². The lowest BCUT2D eigenvalue weighted by atomic mass is 9.90. The van der Waals surface area contributed by atoms with Gasteiger partial charge in [-0.2, -0.15) is 0 Å². The third-order valence-electron chi connectivity index (χ3n) is 4.29. The number of aliphatic hydroxyl groups is 5. The minimum Gasteiger partial charge on any atom is -0.395 e. The molecule has 2 rings (SSSR count). The summed E-state index contributed by atoms with van der Waals surface area (Å²) in [5.41, 5.74) is 0. The zero-order chi connectivity index (χ0) is 14.0. The van der Waals surface area contributed by atoms with Crippen molar-refractivity contribution in [2.45, 2.75) is 36.8 Å². The molecule has 5 N–H and O–H groups in total. The molecule has 0 spiro atoms. The fraction of sp³-hybridized carbons (Fsp3) is 1.00. The zero-order valence-electron chi connectivity index (χ0n) is 11.0. The van der Waals surface area contributed by atoms with Gasteiger partial charge >= 0.3 is 0 Å². The van der Waals surface area contributed by atoms with E-state index in [9.17, 15) is 15.3 Å². The van der Waals surface area contributed by atoms with Gasteiger partial charge in [-0.25, -0.2) is 0 Å². The number of fused-ring (bicyclic) bond motifs is 1. The van der Waals surface area contributed by atoms with Crippen molar-refractivity contribution in [1.82, 2.24) is 9.80 Å². The molecule has 0 aromatic heterocycles. The van der Waals surface area contributed by atoms with Crippen molar-refractivity contribution in [2.75, 3.05) is 39.4 Å². The van der Waals surface area contributed by atoms with Gasteiger partial charge in [-0.15, -0.1) is 0 Å². The SMILES string of the molecule is OCCN(CCO)[C@H]1CN2CC[C@H](O)C2[C@@H](O)[C@@H]1O. The minimum atomic E-state index is -1.00. The summed E-state index contributed by atoms with van der Waals surface area (Å²) in [5.74, 6) is 0. The van der Waals surface area contributed by atoms with E-state index in [2.05, 4.69) is 0 Å². The second-order valence-corrected chi connectivity index (χ2v) is 5.37. The maximum atomic E-state index is 10.2. The van der Waals surface area contributed by atoms with E-state index in [1.54, 1.807) is 4.90 Å². The van der Waals surface area contributed by atoms with Gasteiger partial charge in [-0.1, -0.05) is 0 Å². The summed E-state index contributed by atoms with van der Waals surface area (Å²) in [6, 6.07) is -0.743. The average molecular weight is 276 g/mol. The first-order chi connectivity index (χ1) is 9.10. The highest BCUT2D eigenvalue weighted by atomic mass is 16.3. The van der Waals surface area contributed by atoms with Crippen LogP contribution in [0.4, 0.5) is 0 Å². The maximum Gasteiger partial charge on any atom is 0.0994 e. The Balaban J connectivity index is 2.09. The summed E-state index contributed by atoms with van der Waals surface area (Å²) in [5, 5.41) is 48.4. The smallest absolute Gasteiger partial charge is 0.0994 e. The van der Waals surface area contributed by atoms with Crippen LogP contribution in [0.5, 0.6) is 0 Å². The molecule has 2 fully saturated rings. The summed E-state index contributed by atoms with van der Waals surface area (Å²) >= 11 is 0.